The molecule has 0 aliphatic carbocycles. The van der Waals surface area contributed by atoms with E-state index in [2.05, 4.69) is 0 Å². The number of furan rings is 1. The molecule has 0 saturated heterocycles. The highest BCUT2D eigenvalue weighted by Crippen LogP contribution is 2.30. The summed E-state index contributed by atoms with van der Waals surface area (Å²) in [7, 11) is 0. The second-order valence-electron chi connectivity index (χ2n) is 8.17. The number of ether oxygens (including phenoxy) is 1. The predicted molar refractivity (Wildman–Crippen MR) is 125 cm³/mol. The predicted octanol–water partition coefficient (Wildman–Crippen LogP) is 5.68. The van der Waals surface area contributed by atoms with Gasteiger partial charge < -0.3 is 9.15 Å². The van der Waals surface area contributed by atoms with E-state index in [1.165, 1.54) is 19.1 Å². The van der Waals surface area contributed by atoms with Crippen LogP contribution >= 0.6 is 0 Å². The molecule has 0 spiro atoms. The molecule has 0 aliphatic heterocycles. The standard InChI is InChI=1S/C27H21F2N3O3/c1-16-11-12-20(34-16)14-23-27(35-17(2)33)32-15-24(18-7-4-3-5-8-18)30-22(26(32)31-23)13-19-9-6-10-21(28)25(19)29/h3-12,15H,13-14H2,1-2H3. The van der Waals surface area contributed by atoms with E-state index in [4.69, 9.17) is 19.1 Å². The van der Waals surface area contributed by atoms with E-state index in [0.29, 0.717) is 28.5 Å². The number of fused-ring (bicyclic) bond motifs is 1. The average Bonchev–Trinajstić information content (AvgIpc) is 3.40. The molecular weight excluding hydrogens is 452 g/mol. The number of rotatable bonds is 6. The lowest BCUT2D eigenvalue weighted by Crippen LogP contribution is -2.07. The van der Waals surface area contributed by atoms with Crippen molar-refractivity contribution in [1.29, 1.82) is 0 Å². The first-order valence-electron chi connectivity index (χ1n) is 11.0. The van der Waals surface area contributed by atoms with Gasteiger partial charge in [-0.25, -0.2) is 18.7 Å². The summed E-state index contributed by atoms with van der Waals surface area (Å²) in [4.78, 5) is 21.4. The van der Waals surface area contributed by atoms with E-state index in [1.54, 1.807) is 10.6 Å². The zero-order valence-electron chi connectivity index (χ0n) is 19.1. The van der Waals surface area contributed by atoms with Gasteiger partial charge in [0.05, 0.1) is 17.8 Å². The van der Waals surface area contributed by atoms with Crippen molar-refractivity contribution in [3.05, 3.63) is 107 Å². The Morgan fingerprint density at radius 3 is 2.49 bits per heavy atom. The summed E-state index contributed by atoms with van der Waals surface area (Å²) in [5.41, 5.74) is 2.76. The van der Waals surface area contributed by atoms with Crippen molar-refractivity contribution in [3.63, 3.8) is 0 Å². The number of aromatic nitrogens is 3. The topological polar surface area (TPSA) is 69.6 Å². The van der Waals surface area contributed by atoms with E-state index in [9.17, 15) is 13.6 Å². The lowest BCUT2D eigenvalue weighted by Gasteiger charge is -2.10. The molecule has 0 N–H and O–H groups in total. The van der Waals surface area contributed by atoms with Gasteiger partial charge in [-0.05, 0) is 30.7 Å². The minimum atomic E-state index is -0.935. The summed E-state index contributed by atoms with van der Waals surface area (Å²) in [6.45, 7) is 3.14. The monoisotopic (exact) mass is 473 g/mol. The van der Waals surface area contributed by atoms with Crippen LogP contribution in [0.1, 0.15) is 35.4 Å². The second-order valence-corrected chi connectivity index (χ2v) is 8.17. The van der Waals surface area contributed by atoms with E-state index in [1.807, 2.05) is 49.4 Å². The molecule has 0 unspecified atom stereocenters. The molecule has 0 atom stereocenters. The number of esters is 1. The van der Waals surface area contributed by atoms with E-state index >= 15 is 0 Å². The van der Waals surface area contributed by atoms with Gasteiger partial charge in [-0.15, -0.1) is 0 Å². The Kier molecular flexibility index (Phi) is 5.86. The van der Waals surface area contributed by atoms with Crippen molar-refractivity contribution in [2.45, 2.75) is 26.7 Å². The molecule has 6 nitrogen and oxygen atoms in total. The summed E-state index contributed by atoms with van der Waals surface area (Å²) in [5.74, 6) is -0.769. The van der Waals surface area contributed by atoms with Crippen molar-refractivity contribution < 1.29 is 22.7 Å². The van der Waals surface area contributed by atoms with E-state index < -0.39 is 17.6 Å². The molecule has 5 rings (SSSR count). The van der Waals surface area contributed by atoms with Gasteiger partial charge in [-0.1, -0.05) is 42.5 Å². The fourth-order valence-electron chi connectivity index (χ4n) is 3.97. The highest BCUT2D eigenvalue weighted by atomic mass is 19.2. The van der Waals surface area contributed by atoms with Crippen molar-refractivity contribution in [2.75, 3.05) is 0 Å². The smallest absolute Gasteiger partial charge is 0.309 e. The maximum atomic E-state index is 14.5. The van der Waals surface area contributed by atoms with E-state index in [-0.39, 0.29) is 24.3 Å². The molecule has 0 saturated carbocycles. The molecule has 0 radical (unpaired) electrons. The number of halogens is 2. The minimum Gasteiger partial charge on any atom is -0.466 e. The highest BCUT2D eigenvalue weighted by Gasteiger charge is 2.22. The summed E-state index contributed by atoms with van der Waals surface area (Å²) in [6.07, 6.45) is 1.98. The normalized spacial score (nSPS) is 11.2. The Balaban J connectivity index is 1.73. The molecule has 0 bridgehead atoms. The van der Waals surface area contributed by atoms with Gasteiger partial charge >= 0.3 is 5.97 Å². The Morgan fingerprint density at radius 1 is 0.971 bits per heavy atom. The fourth-order valence-corrected chi connectivity index (χ4v) is 3.97. The van der Waals surface area contributed by atoms with Crippen molar-refractivity contribution in [3.8, 4) is 17.1 Å². The fraction of sp³-hybridized carbons (Fsp3) is 0.148. The first-order valence-corrected chi connectivity index (χ1v) is 11.0. The first kappa shape index (κ1) is 22.5. The van der Waals surface area contributed by atoms with Crippen LogP contribution in [0.3, 0.4) is 0 Å². The molecule has 176 valence electrons. The summed E-state index contributed by atoms with van der Waals surface area (Å²) < 4.78 is 41.4. The van der Waals surface area contributed by atoms with Crippen LogP contribution in [-0.2, 0) is 17.6 Å². The maximum absolute atomic E-state index is 14.5. The average molecular weight is 473 g/mol. The van der Waals surface area contributed by atoms with Crippen LogP contribution in [0.4, 0.5) is 8.78 Å². The number of hydrogen-bond donors (Lipinski definition) is 0. The number of nitrogens with zero attached hydrogens (tertiary/aromatic N) is 3. The zero-order chi connectivity index (χ0) is 24.5. The number of hydrogen-bond acceptors (Lipinski definition) is 5. The summed E-state index contributed by atoms with van der Waals surface area (Å²) in [5, 5.41) is 0. The molecule has 35 heavy (non-hydrogen) atoms. The van der Waals surface area contributed by atoms with Crippen LogP contribution in [0, 0.1) is 18.6 Å². The third-order valence-corrected chi connectivity index (χ3v) is 5.54. The lowest BCUT2D eigenvalue weighted by atomic mass is 10.1. The molecule has 2 aromatic carbocycles. The molecule has 0 fully saturated rings. The Labute approximate surface area is 199 Å². The largest absolute Gasteiger partial charge is 0.466 e. The van der Waals surface area contributed by atoms with Gasteiger partial charge in [0.15, 0.2) is 17.3 Å². The highest BCUT2D eigenvalue weighted by molar-refractivity contribution is 5.70. The number of carbonyl (C=O) groups excluding carboxylic acids is 1. The SMILES string of the molecule is CC(=O)Oc1c(Cc2ccc(C)o2)nc2c(Cc3cccc(F)c3F)nc(-c3ccccc3)cn12. The Bertz CT molecular complexity index is 1540. The van der Waals surface area contributed by atoms with Crippen LogP contribution in [0.5, 0.6) is 5.88 Å². The Hall–Kier alpha value is -4.33. The number of carbonyl (C=O) groups is 1. The van der Waals surface area contributed by atoms with Crippen LogP contribution in [0.2, 0.25) is 0 Å². The van der Waals surface area contributed by atoms with Crippen LogP contribution in [-0.4, -0.2) is 20.3 Å². The third-order valence-electron chi connectivity index (χ3n) is 5.54. The van der Waals surface area contributed by atoms with Gasteiger partial charge in [0.2, 0.25) is 5.88 Å². The number of benzene rings is 2. The maximum Gasteiger partial charge on any atom is 0.309 e. The summed E-state index contributed by atoms with van der Waals surface area (Å²) in [6, 6.07) is 17.1. The van der Waals surface area contributed by atoms with Gasteiger partial charge in [0, 0.05) is 25.1 Å². The molecular formula is C27H21F2N3O3. The van der Waals surface area contributed by atoms with Crippen LogP contribution in [0.25, 0.3) is 16.9 Å². The number of aryl methyl sites for hydroxylation is 1. The first-order chi connectivity index (χ1) is 16.9. The molecule has 5 aromatic rings. The molecule has 3 aromatic heterocycles. The van der Waals surface area contributed by atoms with Gasteiger partial charge in [-0.2, -0.15) is 0 Å². The molecule has 8 heteroatoms. The molecule has 0 amide bonds. The lowest BCUT2D eigenvalue weighted by molar-refractivity contribution is -0.132. The van der Waals surface area contributed by atoms with Gasteiger partial charge in [0.25, 0.3) is 0 Å². The van der Waals surface area contributed by atoms with Crippen LogP contribution in [0.15, 0.2) is 71.3 Å². The zero-order valence-corrected chi connectivity index (χ0v) is 19.1. The summed E-state index contributed by atoms with van der Waals surface area (Å²) >= 11 is 0. The van der Waals surface area contributed by atoms with Gasteiger partial charge in [-0.3, -0.25) is 9.20 Å². The van der Waals surface area contributed by atoms with Crippen molar-refractivity contribution in [2.24, 2.45) is 0 Å². The van der Waals surface area contributed by atoms with Gasteiger partial charge in [0.1, 0.15) is 17.2 Å². The second kappa shape index (κ2) is 9.13. The van der Waals surface area contributed by atoms with Crippen molar-refractivity contribution in [1.82, 2.24) is 14.4 Å². The van der Waals surface area contributed by atoms with Crippen molar-refractivity contribution >= 4 is 11.6 Å². The molecule has 0 aliphatic rings. The Morgan fingerprint density at radius 2 is 1.77 bits per heavy atom. The number of imidazole rings is 1. The van der Waals surface area contributed by atoms with Crippen LogP contribution < -0.4 is 4.74 Å². The van der Waals surface area contributed by atoms with E-state index in [0.717, 1.165) is 17.4 Å². The minimum absolute atomic E-state index is 0.0103. The molecule has 3 heterocycles. The third kappa shape index (κ3) is 4.55. The quantitative estimate of drug-likeness (QED) is 0.297.